The van der Waals surface area contributed by atoms with Crippen molar-refractivity contribution in [2.45, 2.75) is 18.9 Å². The normalized spacial score (nSPS) is 14.6. The van der Waals surface area contributed by atoms with E-state index in [0.29, 0.717) is 11.3 Å². The molecule has 1 aliphatic rings. The van der Waals surface area contributed by atoms with Gasteiger partial charge < -0.3 is 20.9 Å². The van der Waals surface area contributed by atoms with E-state index in [2.05, 4.69) is 39.5 Å². The Hall–Kier alpha value is -3.71. The van der Waals surface area contributed by atoms with Crippen molar-refractivity contribution in [3.05, 3.63) is 66.9 Å². The zero-order valence-corrected chi connectivity index (χ0v) is 19.0. The molecule has 1 saturated heterocycles. The highest BCUT2D eigenvalue weighted by molar-refractivity contribution is 6.08. The molecule has 1 aromatic heterocycles. The predicted molar refractivity (Wildman–Crippen MR) is 134 cm³/mol. The number of anilines is 2. The quantitative estimate of drug-likeness (QED) is 0.503. The van der Waals surface area contributed by atoms with E-state index in [1.165, 1.54) is 6.08 Å². The molecule has 170 valence electrons. The first-order chi connectivity index (χ1) is 16.0. The molecular formula is C26H29N5O2. The van der Waals surface area contributed by atoms with Crippen LogP contribution in [0.4, 0.5) is 11.4 Å². The van der Waals surface area contributed by atoms with Crippen molar-refractivity contribution in [2.75, 3.05) is 37.8 Å². The molecule has 0 atom stereocenters. The van der Waals surface area contributed by atoms with E-state index in [1.54, 1.807) is 6.20 Å². The minimum absolute atomic E-state index is 0.108. The zero-order valence-electron chi connectivity index (χ0n) is 19.0. The van der Waals surface area contributed by atoms with Gasteiger partial charge in [0.1, 0.15) is 0 Å². The van der Waals surface area contributed by atoms with Crippen LogP contribution in [-0.4, -0.2) is 54.9 Å². The van der Waals surface area contributed by atoms with Gasteiger partial charge in [-0.2, -0.15) is 0 Å². The SMILES string of the molecule is C=CC(=O)Nc1cccc(-c2ccc3ncc(C(=O)NC4CCN(C)CC4)c(NC)c3c2)c1. The average molecular weight is 444 g/mol. The van der Waals surface area contributed by atoms with Gasteiger partial charge >= 0.3 is 0 Å². The molecule has 2 aromatic carbocycles. The maximum atomic E-state index is 13.1. The van der Waals surface area contributed by atoms with Gasteiger partial charge in [0, 0.05) is 30.4 Å². The number of piperidine rings is 1. The maximum Gasteiger partial charge on any atom is 0.255 e. The number of hydrogen-bond donors (Lipinski definition) is 3. The molecule has 33 heavy (non-hydrogen) atoms. The maximum absolute atomic E-state index is 13.1. The fraction of sp³-hybridized carbons (Fsp3) is 0.269. The smallest absolute Gasteiger partial charge is 0.255 e. The van der Waals surface area contributed by atoms with Crippen LogP contribution in [0.3, 0.4) is 0 Å². The first-order valence-electron chi connectivity index (χ1n) is 11.1. The second kappa shape index (κ2) is 9.83. The minimum Gasteiger partial charge on any atom is -0.387 e. The van der Waals surface area contributed by atoms with Crippen LogP contribution in [0.15, 0.2) is 61.3 Å². The predicted octanol–water partition coefficient (Wildman–Crippen LogP) is 3.89. The molecule has 0 saturated carbocycles. The van der Waals surface area contributed by atoms with Crippen molar-refractivity contribution in [3.63, 3.8) is 0 Å². The average Bonchev–Trinajstić information content (AvgIpc) is 2.84. The van der Waals surface area contributed by atoms with Gasteiger partial charge in [-0.05, 0) is 74.4 Å². The third kappa shape index (κ3) is 5.04. The Morgan fingerprint density at radius 1 is 1.12 bits per heavy atom. The zero-order chi connectivity index (χ0) is 23.4. The molecule has 0 radical (unpaired) electrons. The summed E-state index contributed by atoms with van der Waals surface area (Å²) in [5.41, 5.74) is 4.69. The number of benzene rings is 2. The van der Waals surface area contributed by atoms with Gasteiger partial charge in [-0.15, -0.1) is 0 Å². The largest absolute Gasteiger partial charge is 0.387 e. The van der Waals surface area contributed by atoms with Crippen molar-refractivity contribution in [3.8, 4) is 11.1 Å². The molecule has 3 N–H and O–H groups in total. The molecular weight excluding hydrogens is 414 g/mol. The fourth-order valence-electron chi connectivity index (χ4n) is 4.20. The molecule has 1 aliphatic heterocycles. The van der Waals surface area contributed by atoms with E-state index in [4.69, 9.17) is 0 Å². The lowest BCUT2D eigenvalue weighted by Crippen LogP contribution is -2.43. The molecule has 2 amide bonds. The number of hydrogen-bond acceptors (Lipinski definition) is 5. The van der Waals surface area contributed by atoms with Crippen molar-refractivity contribution in [1.29, 1.82) is 0 Å². The summed E-state index contributed by atoms with van der Waals surface area (Å²) < 4.78 is 0. The number of fused-ring (bicyclic) bond motifs is 1. The summed E-state index contributed by atoms with van der Waals surface area (Å²) in [6.45, 7) is 5.46. The summed E-state index contributed by atoms with van der Waals surface area (Å²) in [5.74, 6) is -0.365. The van der Waals surface area contributed by atoms with E-state index < -0.39 is 0 Å². The summed E-state index contributed by atoms with van der Waals surface area (Å²) in [7, 11) is 3.92. The molecule has 7 heteroatoms. The van der Waals surface area contributed by atoms with Crippen molar-refractivity contribution >= 4 is 34.1 Å². The van der Waals surface area contributed by atoms with Gasteiger partial charge in [-0.25, -0.2) is 0 Å². The van der Waals surface area contributed by atoms with Gasteiger partial charge in [-0.3, -0.25) is 14.6 Å². The topological polar surface area (TPSA) is 86.4 Å². The lowest BCUT2D eigenvalue weighted by molar-refractivity contribution is -0.111. The Bertz CT molecular complexity index is 1200. The Kier molecular flexibility index (Phi) is 6.70. The lowest BCUT2D eigenvalue weighted by Gasteiger charge is -2.29. The number of amides is 2. The van der Waals surface area contributed by atoms with Crippen LogP contribution >= 0.6 is 0 Å². The third-order valence-electron chi connectivity index (χ3n) is 6.07. The molecule has 0 unspecified atom stereocenters. The molecule has 0 aliphatic carbocycles. The molecule has 0 bridgehead atoms. The highest BCUT2D eigenvalue weighted by Gasteiger charge is 2.21. The third-order valence-corrected chi connectivity index (χ3v) is 6.07. The Morgan fingerprint density at radius 3 is 2.61 bits per heavy atom. The van der Waals surface area contributed by atoms with E-state index in [-0.39, 0.29) is 17.9 Å². The van der Waals surface area contributed by atoms with Crippen LogP contribution in [0.25, 0.3) is 22.0 Å². The number of pyridine rings is 1. The van der Waals surface area contributed by atoms with Crippen molar-refractivity contribution in [1.82, 2.24) is 15.2 Å². The van der Waals surface area contributed by atoms with Crippen molar-refractivity contribution < 1.29 is 9.59 Å². The number of nitrogens with zero attached hydrogens (tertiary/aromatic N) is 2. The van der Waals surface area contributed by atoms with E-state index in [1.807, 2.05) is 49.5 Å². The number of carbonyl (C=O) groups excluding carboxylic acids is 2. The molecule has 3 aromatic rings. The summed E-state index contributed by atoms with van der Waals surface area (Å²) in [6, 6.07) is 13.7. The first kappa shape index (κ1) is 22.5. The van der Waals surface area contributed by atoms with Gasteiger partial charge in [0.05, 0.1) is 16.8 Å². The van der Waals surface area contributed by atoms with Crippen molar-refractivity contribution in [2.24, 2.45) is 0 Å². The van der Waals surface area contributed by atoms with Crippen LogP contribution in [0.2, 0.25) is 0 Å². The van der Waals surface area contributed by atoms with Crippen LogP contribution < -0.4 is 16.0 Å². The standard InChI is InChI=1S/C26H29N5O2/c1-4-24(32)29-20-7-5-6-17(14-20)18-8-9-23-21(15-18)25(27-2)22(16-28-23)26(33)30-19-10-12-31(3)13-11-19/h4-9,14-16,19H,1,10-13H2,2-3H3,(H,27,28)(H,29,32)(H,30,33). The van der Waals surface area contributed by atoms with Gasteiger partial charge in [0.25, 0.3) is 5.91 Å². The second-order valence-corrected chi connectivity index (χ2v) is 8.35. The number of nitrogens with one attached hydrogen (secondary N) is 3. The molecule has 0 spiro atoms. The van der Waals surface area contributed by atoms with Gasteiger partial charge in [0.2, 0.25) is 5.91 Å². The lowest BCUT2D eigenvalue weighted by atomic mass is 10.00. The van der Waals surface area contributed by atoms with E-state index in [9.17, 15) is 9.59 Å². The molecule has 2 heterocycles. The number of carbonyl (C=O) groups is 2. The minimum atomic E-state index is -0.257. The van der Waals surface area contributed by atoms with Gasteiger partial charge in [0.15, 0.2) is 0 Å². The fourth-order valence-corrected chi connectivity index (χ4v) is 4.20. The number of aromatic nitrogens is 1. The van der Waals surface area contributed by atoms with E-state index >= 15 is 0 Å². The second-order valence-electron chi connectivity index (χ2n) is 8.35. The van der Waals surface area contributed by atoms with Crippen LogP contribution in [0, 0.1) is 0 Å². The molecule has 1 fully saturated rings. The Labute approximate surface area is 193 Å². The highest BCUT2D eigenvalue weighted by atomic mass is 16.2. The summed E-state index contributed by atoms with van der Waals surface area (Å²) >= 11 is 0. The number of likely N-dealkylation sites (tertiary alicyclic amines) is 1. The Morgan fingerprint density at radius 2 is 1.88 bits per heavy atom. The Balaban J connectivity index is 1.66. The van der Waals surface area contributed by atoms with Gasteiger partial charge in [-0.1, -0.05) is 24.8 Å². The number of rotatable bonds is 6. The van der Waals surface area contributed by atoms with Crippen LogP contribution in [0.5, 0.6) is 0 Å². The van der Waals surface area contributed by atoms with Crippen LogP contribution in [-0.2, 0) is 4.79 Å². The highest BCUT2D eigenvalue weighted by Crippen LogP contribution is 2.31. The summed E-state index contributed by atoms with van der Waals surface area (Å²) in [5, 5.41) is 10.0. The molecule has 7 nitrogen and oxygen atoms in total. The monoisotopic (exact) mass is 443 g/mol. The molecule has 4 rings (SSSR count). The first-order valence-corrected chi connectivity index (χ1v) is 11.1. The summed E-state index contributed by atoms with van der Waals surface area (Å²) in [6.07, 6.45) is 4.78. The summed E-state index contributed by atoms with van der Waals surface area (Å²) in [4.78, 5) is 31.6. The van der Waals surface area contributed by atoms with Crippen LogP contribution in [0.1, 0.15) is 23.2 Å². The van der Waals surface area contributed by atoms with E-state index in [0.717, 1.165) is 53.6 Å².